The Balaban J connectivity index is 0.00000264. The lowest BCUT2D eigenvalue weighted by atomic mass is 10.0. The van der Waals surface area contributed by atoms with E-state index >= 15 is 0 Å². The van der Waals surface area contributed by atoms with Crippen LogP contribution >= 0.6 is 35.1 Å². The molecule has 1 amide bonds. The molecule has 3 aromatic heterocycles. The van der Waals surface area contributed by atoms with Gasteiger partial charge in [0.2, 0.25) is 0 Å². The monoisotopic (exact) mass is 559 g/mol. The molecule has 0 saturated heterocycles. The van der Waals surface area contributed by atoms with Crippen molar-refractivity contribution in [3.63, 3.8) is 0 Å². The summed E-state index contributed by atoms with van der Waals surface area (Å²) in [5.41, 5.74) is 2.94. The van der Waals surface area contributed by atoms with Crippen molar-refractivity contribution in [2.24, 2.45) is 0 Å². The molecular weight excluding hydrogens is 538 g/mol. The molecule has 0 bridgehead atoms. The highest BCUT2D eigenvalue weighted by Gasteiger charge is 2.27. The molecule has 190 valence electrons. The molecule has 0 spiro atoms. The molecule has 4 heterocycles. The number of nitrogens with one attached hydrogen (secondary N) is 1. The predicted molar refractivity (Wildman–Crippen MR) is 158 cm³/mol. The first kappa shape index (κ1) is 24.8. The van der Waals surface area contributed by atoms with Crippen LogP contribution in [0.1, 0.15) is 20.8 Å². The molecule has 0 aliphatic carbocycles. The molecule has 38 heavy (non-hydrogen) atoms. The van der Waals surface area contributed by atoms with Crippen LogP contribution in [0.15, 0.2) is 75.9 Å². The van der Waals surface area contributed by atoms with Crippen molar-refractivity contribution >= 4 is 77.9 Å². The number of hydrogen-bond acceptors (Lipinski definition) is 7. The van der Waals surface area contributed by atoms with Gasteiger partial charge < -0.3 is 14.6 Å². The summed E-state index contributed by atoms with van der Waals surface area (Å²) < 4.78 is 6.68. The van der Waals surface area contributed by atoms with Crippen LogP contribution in [0.2, 0.25) is 0 Å². The Kier molecular flexibility index (Phi) is 6.28. The lowest BCUT2D eigenvalue weighted by Crippen LogP contribution is -2.25. The summed E-state index contributed by atoms with van der Waals surface area (Å²) in [6.07, 6.45) is 0.883. The van der Waals surface area contributed by atoms with Gasteiger partial charge in [0.05, 0.1) is 10.2 Å². The first-order valence-electron chi connectivity index (χ1n) is 12.0. The van der Waals surface area contributed by atoms with Crippen LogP contribution in [0.3, 0.4) is 0 Å². The minimum Gasteiger partial charge on any atom is -0.422 e. The number of aromatic nitrogens is 1. The number of benzene rings is 3. The summed E-state index contributed by atoms with van der Waals surface area (Å²) in [5, 5.41) is 7.36. The number of rotatable bonds is 3. The Morgan fingerprint density at radius 3 is 2.71 bits per heavy atom. The van der Waals surface area contributed by atoms with Crippen LogP contribution in [0.4, 0.5) is 5.00 Å². The number of anilines is 1. The molecule has 9 heteroatoms. The highest BCUT2D eigenvalue weighted by atomic mass is 35.5. The van der Waals surface area contributed by atoms with Crippen molar-refractivity contribution < 1.29 is 9.21 Å². The van der Waals surface area contributed by atoms with Crippen molar-refractivity contribution in [2.75, 3.05) is 18.9 Å². The van der Waals surface area contributed by atoms with Gasteiger partial charge in [-0.1, -0.05) is 42.5 Å². The van der Waals surface area contributed by atoms with Gasteiger partial charge in [-0.3, -0.25) is 4.79 Å². The number of carbonyl (C=O) groups is 1. The first-order chi connectivity index (χ1) is 18.0. The van der Waals surface area contributed by atoms with Crippen LogP contribution in [0.25, 0.3) is 42.5 Å². The molecule has 7 rings (SSSR count). The largest absolute Gasteiger partial charge is 0.422 e. The van der Waals surface area contributed by atoms with E-state index in [-0.39, 0.29) is 18.0 Å². The van der Waals surface area contributed by atoms with Gasteiger partial charge in [-0.05, 0) is 54.1 Å². The zero-order chi connectivity index (χ0) is 25.1. The molecule has 0 unspecified atom stereocenters. The molecule has 3 aromatic carbocycles. The first-order valence-corrected chi connectivity index (χ1v) is 13.6. The smallest absolute Gasteiger partial charge is 0.349 e. The lowest BCUT2D eigenvalue weighted by molar-refractivity contribution is 0.102. The highest BCUT2D eigenvalue weighted by molar-refractivity contribution is 7.23. The number of hydrogen-bond donors (Lipinski definition) is 1. The molecule has 6 aromatic rings. The Morgan fingerprint density at radius 1 is 1.03 bits per heavy atom. The zero-order valence-corrected chi connectivity index (χ0v) is 22.8. The maximum absolute atomic E-state index is 13.6. The number of para-hydroxylation sites is 1. The number of fused-ring (bicyclic) bond motifs is 5. The summed E-state index contributed by atoms with van der Waals surface area (Å²) in [6, 6.07) is 21.3. The minimum atomic E-state index is -0.650. The van der Waals surface area contributed by atoms with Crippen molar-refractivity contribution in [2.45, 2.75) is 13.0 Å². The zero-order valence-electron chi connectivity index (χ0n) is 20.3. The number of carbonyl (C=O) groups excluding carboxylic acids is 1. The van der Waals surface area contributed by atoms with Gasteiger partial charge in [0, 0.05) is 28.9 Å². The van der Waals surface area contributed by atoms with Gasteiger partial charge in [-0.15, -0.1) is 35.1 Å². The second-order valence-corrected chi connectivity index (χ2v) is 11.4. The second-order valence-electron chi connectivity index (χ2n) is 9.28. The van der Waals surface area contributed by atoms with E-state index in [0.29, 0.717) is 5.58 Å². The maximum atomic E-state index is 13.6. The fourth-order valence-corrected chi connectivity index (χ4v) is 7.46. The topological polar surface area (TPSA) is 75.4 Å². The van der Waals surface area contributed by atoms with E-state index in [9.17, 15) is 9.59 Å². The van der Waals surface area contributed by atoms with Gasteiger partial charge in [0.15, 0.2) is 0 Å². The van der Waals surface area contributed by atoms with Crippen LogP contribution in [0.5, 0.6) is 0 Å². The van der Waals surface area contributed by atoms with E-state index in [0.717, 1.165) is 61.5 Å². The summed E-state index contributed by atoms with van der Waals surface area (Å²) in [7, 11) is 2.10. The molecule has 1 aliphatic rings. The summed E-state index contributed by atoms with van der Waals surface area (Å²) in [5.74, 6) is -0.474. The molecule has 0 saturated carbocycles. The maximum Gasteiger partial charge on any atom is 0.349 e. The van der Waals surface area contributed by atoms with Crippen LogP contribution in [0, 0.1) is 0 Å². The number of nitrogens with zero attached hydrogens (tertiary/aromatic N) is 2. The lowest BCUT2D eigenvalue weighted by Gasteiger charge is -2.22. The highest BCUT2D eigenvalue weighted by Crippen LogP contribution is 2.45. The molecule has 0 radical (unpaired) electrons. The number of amides is 1. The van der Waals surface area contributed by atoms with Crippen molar-refractivity contribution in [3.8, 4) is 10.6 Å². The fourth-order valence-electron chi connectivity index (χ4n) is 5.02. The molecule has 1 aliphatic heterocycles. The van der Waals surface area contributed by atoms with E-state index in [2.05, 4.69) is 23.3 Å². The van der Waals surface area contributed by atoms with E-state index in [1.165, 1.54) is 10.4 Å². The third kappa shape index (κ3) is 4.10. The average molecular weight is 560 g/mol. The predicted octanol–water partition coefficient (Wildman–Crippen LogP) is 6.95. The van der Waals surface area contributed by atoms with Crippen molar-refractivity contribution in [1.29, 1.82) is 0 Å². The second kappa shape index (κ2) is 9.63. The van der Waals surface area contributed by atoms with E-state index < -0.39 is 11.5 Å². The minimum absolute atomic E-state index is 0. The number of likely N-dealkylation sites (N-methyl/N-ethyl adjacent to an activating group) is 1. The van der Waals surface area contributed by atoms with Gasteiger partial charge in [0.25, 0.3) is 5.91 Å². The van der Waals surface area contributed by atoms with Crippen LogP contribution in [-0.2, 0) is 13.0 Å². The number of thiazole rings is 1. The third-order valence-corrected chi connectivity index (χ3v) is 9.06. The Hall–Kier alpha value is -3.56. The number of halogens is 1. The molecule has 6 nitrogen and oxygen atoms in total. The quantitative estimate of drug-likeness (QED) is 0.188. The van der Waals surface area contributed by atoms with Gasteiger partial charge >= 0.3 is 5.63 Å². The van der Waals surface area contributed by atoms with Crippen molar-refractivity contribution in [3.05, 3.63) is 93.2 Å². The normalized spacial score (nSPS) is 13.5. The standard InChI is InChI=1S/C29H21N3O3S2.ClH/c1-32-13-12-18-24(15-32)37-28(25(18)27-30-21-8-4-5-9-23(21)36-27)31-26(33)20-14-19-17-7-3-2-6-16(17)10-11-22(19)35-29(20)34;/h2-11,14H,12-13,15H2,1H3,(H,31,33);1H. The molecule has 0 fully saturated rings. The van der Waals surface area contributed by atoms with Gasteiger partial charge in [0.1, 0.15) is 21.2 Å². The van der Waals surface area contributed by atoms with E-state index in [1.807, 2.05) is 48.5 Å². The van der Waals surface area contributed by atoms with E-state index in [1.54, 1.807) is 34.8 Å². The molecule has 1 N–H and O–H groups in total. The number of thiophene rings is 1. The Morgan fingerprint density at radius 2 is 1.84 bits per heavy atom. The third-order valence-electron chi connectivity index (χ3n) is 6.87. The van der Waals surface area contributed by atoms with Crippen LogP contribution in [-0.4, -0.2) is 29.4 Å². The summed E-state index contributed by atoms with van der Waals surface area (Å²) in [6.45, 7) is 1.76. The van der Waals surface area contributed by atoms with E-state index in [4.69, 9.17) is 9.40 Å². The molecule has 0 atom stereocenters. The Labute approximate surface area is 232 Å². The summed E-state index contributed by atoms with van der Waals surface area (Å²) >= 11 is 3.19. The SMILES string of the molecule is CN1CCc2c(sc(NC(=O)c3cc4c(ccc5ccccc54)oc3=O)c2-c2nc3ccccc3s2)C1.Cl. The van der Waals surface area contributed by atoms with Gasteiger partial charge in [-0.2, -0.15) is 0 Å². The molecular formula is C29H22ClN3O3S2. The van der Waals surface area contributed by atoms with Crippen molar-refractivity contribution in [1.82, 2.24) is 9.88 Å². The Bertz CT molecular complexity index is 1890. The fraction of sp³-hybridized carbons (Fsp3) is 0.138. The average Bonchev–Trinajstić information content (AvgIpc) is 3.48. The summed E-state index contributed by atoms with van der Waals surface area (Å²) in [4.78, 5) is 34.8. The van der Waals surface area contributed by atoms with Gasteiger partial charge in [-0.25, -0.2) is 9.78 Å². The van der Waals surface area contributed by atoms with Crippen LogP contribution < -0.4 is 10.9 Å².